The Balaban J connectivity index is 2.23. The molecular weight excluding hydrogens is 268 g/mol. The van der Waals surface area contributed by atoms with Gasteiger partial charge in [0, 0.05) is 0 Å². The van der Waals surface area contributed by atoms with Crippen LogP contribution in [0.15, 0.2) is 29.2 Å². The number of benzene rings is 1. The Morgan fingerprint density at radius 3 is 2.53 bits per heavy atom. The van der Waals surface area contributed by atoms with Crippen LogP contribution in [0.2, 0.25) is 0 Å². The molecule has 19 heavy (non-hydrogen) atoms. The second kappa shape index (κ2) is 5.28. The summed E-state index contributed by atoms with van der Waals surface area (Å²) in [6.07, 6.45) is 1.31. The molecule has 1 saturated heterocycles. The molecule has 7 heteroatoms. The van der Waals surface area contributed by atoms with Crippen molar-refractivity contribution in [3.05, 3.63) is 29.8 Å². The Morgan fingerprint density at radius 2 is 2.00 bits per heavy atom. The summed E-state index contributed by atoms with van der Waals surface area (Å²) in [5.41, 5.74) is 0.896. The van der Waals surface area contributed by atoms with Crippen molar-refractivity contribution in [1.82, 2.24) is 9.79 Å². The molecular formula is C12H16N2O4S. The molecule has 1 atom stereocenters. The minimum Gasteiger partial charge on any atom is -0.306 e. The monoisotopic (exact) mass is 284 g/mol. The van der Waals surface area contributed by atoms with E-state index in [1.165, 1.54) is 12.1 Å². The van der Waals surface area contributed by atoms with E-state index >= 15 is 0 Å². The number of carbonyl (C=O) groups excluding carboxylic acids is 1. The summed E-state index contributed by atoms with van der Waals surface area (Å²) in [5, 5.41) is 12.5. The van der Waals surface area contributed by atoms with Gasteiger partial charge in [-0.05, 0) is 38.4 Å². The minimum absolute atomic E-state index is 0.105. The van der Waals surface area contributed by atoms with Crippen molar-refractivity contribution < 1.29 is 18.4 Å². The highest BCUT2D eigenvalue weighted by molar-refractivity contribution is 7.89. The average molecular weight is 284 g/mol. The molecule has 0 aliphatic carbocycles. The molecule has 0 spiro atoms. The SMILES string of the molecule is Cc1ccc(S(=O)(=O)N(O)C(=O)[C@@H]2CCCN2)cc1. The molecule has 0 bridgehead atoms. The lowest BCUT2D eigenvalue weighted by atomic mass is 10.2. The molecule has 2 N–H and O–H groups in total. The van der Waals surface area contributed by atoms with Gasteiger partial charge in [-0.25, -0.2) is 0 Å². The average Bonchev–Trinajstić information content (AvgIpc) is 2.91. The predicted octanol–water partition coefficient (Wildman–Crippen LogP) is 0.654. The fourth-order valence-corrected chi connectivity index (χ4v) is 3.00. The number of rotatable bonds is 3. The third kappa shape index (κ3) is 2.78. The molecule has 0 saturated carbocycles. The van der Waals surface area contributed by atoms with Crippen molar-refractivity contribution in [3.63, 3.8) is 0 Å². The molecule has 104 valence electrons. The Morgan fingerprint density at radius 1 is 1.37 bits per heavy atom. The lowest BCUT2D eigenvalue weighted by molar-refractivity contribution is -0.148. The summed E-state index contributed by atoms with van der Waals surface area (Å²) in [5.74, 6) is -0.835. The molecule has 1 amide bonds. The molecule has 0 aromatic heterocycles. The van der Waals surface area contributed by atoms with Crippen molar-refractivity contribution >= 4 is 15.9 Å². The van der Waals surface area contributed by atoms with Crippen LogP contribution in [0.5, 0.6) is 0 Å². The van der Waals surface area contributed by atoms with Crippen LogP contribution < -0.4 is 5.32 Å². The second-order valence-electron chi connectivity index (χ2n) is 4.55. The Bertz CT molecular complexity index is 562. The molecule has 1 aliphatic heterocycles. The fraction of sp³-hybridized carbons (Fsp3) is 0.417. The normalized spacial score (nSPS) is 19.4. The van der Waals surface area contributed by atoms with E-state index in [0.29, 0.717) is 13.0 Å². The van der Waals surface area contributed by atoms with Gasteiger partial charge in [-0.3, -0.25) is 10.0 Å². The maximum Gasteiger partial charge on any atom is 0.289 e. The summed E-state index contributed by atoms with van der Waals surface area (Å²) in [7, 11) is -4.19. The molecule has 0 radical (unpaired) electrons. The summed E-state index contributed by atoms with van der Waals surface area (Å²) in [4.78, 5) is 11.8. The van der Waals surface area contributed by atoms with Crippen molar-refractivity contribution in [2.24, 2.45) is 0 Å². The number of aryl methyl sites for hydroxylation is 1. The first-order valence-electron chi connectivity index (χ1n) is 6.01. The topological polar surface area (TPSA) is 86.7 Å². The van der Waals surface area contributed by atoms with Gasteiger partial charge in [-0.2, -0.15) is 8.42 Å². The Labute approximate surface area is 112 Å². The standard InChI is InChI=1S/C12H16N2O4S/c1-9-4-6-10(7-5-9)19(17,18)14(16)12(15)11-3-2-8-13-11/h4-7,11,13,16H,2-3,8H2,1H3/t11-/m0/s1. The van der Waals surface area contributed by atoms with Gasteiger partial charge < -0.3 is 5.32 Å². The first-order valence-corrected chi connectivity index (χ1v) is 7.45. The Hall–Kier alpha value is -1.44. The molecule has 1 aromatic carbocycles. The van der Waals surface area contributed by atoms with Crippen molar-refractivity contribution in [2.75, 3.05) is 6.54 Å². The van der Waals surface area contributed by atoms with Gasteiger partial charge in [-0.1, -0.05) is 17.7 Å². The highest BCUT2D eigenvalue weighted by Crippen LogP contribution is 2.17. The number of hydrogen-bond acceptors (Lipinski definition) is 5. The quantitative estimate of drug-likeness (QED) is 0.629. The van der Waals surface area contributed by atoms with E-state index in [-0.39, 0.29) is 9.36 Å². The van der Waals surface area contributed by atoms with Crippen LogP contribution in [0.25, 0.3) is 0 Å². The number of nitrogens with one attached hydrogen (secondary N) is 1. The van der Waals surface area contributed by atoms with E-state index in [4.69, 9.17) is 0 Å². The van der Waals surface area contributed by atoms with Crippen LogP contribution >= 0.6 is 0 Å². The fourth-order valence-electron chi connectivity index (χ4n) is 1.96. The first-order chi connectivity index (χ1) is 8.93. The van der Waals surface area contributed by atoms with Gasteiger partial charge in [0.05, 0.1) is 10.9 Å². The number of nitrogens with zero attached hydrogens (tertiary/aromatic N) is 1. The highest BCUT2D eigenvalue weighted by atomic mass is 32.2. The smallest absolute Gasteiger partial charge is 0.289 e. The molecule has 1 aromatic rings. The zero-order chi connectivity index (χ0) is 14.0. The number of hydroxylamine groups is 1. The van der Waals surface area contributed by atoms with Crippen LogP contribution in [-0.4, -0.2) is 36.6 Å². The molecule has 6 nitrogen and oxygen atoms in total. The minimum atomic E-state index is -4.19. The van der Waals surface area contributed by atoms with Gasteiger partial charge in [0.2, 0.25) is 0 Å². The van der Waals surface area contributed by atoms with E-state index in [2.05, 4.69) is 5.32 Å². The van der Waals surface area contributed by atoms with E-state index in [1.54, 1.807) is 12.1 Å². The lowest BCUT2D eigenvalue weighted by Crippen LogP contribution is -2.44. The number of hydrogen-bond donors (Lipinski definition) is 2. The van der Waals surface area contributed by atoms with Crippen LogP contribution in [0.1, 0.15) is 18.4 Å². The van der Waals surface area contributed by atoms with Crippen molar-refractivity contribution in [3.8, 4) is 0 Å². The number of amides is 1. The zero-order valence-corrected chi connectivity index (χ0v) is 11.4. The Kier molecular flexibility index (Phi) is 3.88. The van der Waals surface area contributed by atoms with Crippen LogP contribution in [-0.2, 0) is 14.8 Å². The van der Waals surface area contributed by atoms with E-state index in [9.17, 15) is 18.4 Å². The van der Waals surface area contributed by atoms with Crippen molar-refractivity contribution in [2.45, 2.75) is 30.7 Å². The lowest BCUT2D eigenvalue weighted by Gasteiger charge is -2.18. The maximum absolute atomic E-state index is 12.1. The highest BCUT2D eigenvalue weighted by Gasteiger charge is 2.34. The predicted molar refractivity (Wildman–Crippen MR) is 68.0 cm³/mol. The van der Waals surface area contributed by atoms with Gasteiger partial charge in [0.1, 0.15) is 0 Å². The maximum atomic E-state index is 12.1. The van der Waals surface area contributed by atoms with E-state index in [1.807, 2.05) is 6.92 Å². The molecule has 2 rings (SSSR count). The van der Waals surface area contributed by atoms with Gasteiger partial charge >= 0.3 is 0 Å². The number of carbonyl (C=O) groups is 1. The molecule has 0 unspecified atom stereocenters. The van der Waals surface area contributed by atoms with E-state index < -0.39 is 22.0 Å². The largest absolute Gasteiger partial charge is 0.306 e. The first kappa shape index (κ1) is 14.0. The van der Waals surface area contributed by atoms with Gasteiger partial charge in [0.15, 0.2) is 0 Å². The van der Waals surface area contributed by atoms with Crippen molar-refractivity contribution in [1.29, 1.82) is 0 Å². The number of sulfonamides is 1. The third-order valence-electron chi connectivity index (χ3n) is 3.09. The van der Waals surface area contributed by atoms with Crippen LogP contribution in [0.3, 0.4) is 0 Å². The molecule has 1 heterocycles. The third-order valence-corrected chi connectivity index (χ3v) is 4.60. The zero-order valence-electron chi connectivity index (χ0n) is 10.5. The summed E-state index contributed by atoms with van der Waals surface area (Å²) in [6.45, 7) is 2.47. The molecule has 1 aliphatic rings. The van der Waals surface area contributed by atoms with Gasteiger partial charge in [0.25, 0.3) is 15.9 Å². The molecule has 1 fully saturated rings. The second-order valence-corrected chi connectivity index (χ2v) is 6.32. The summed E-state index contributed by atoms with van der Waals surface area (Å²) < 4.78 is 24.0. The summed E-state index contributed by atoms with van der Waals surface area (Å²) in [6, 6.07) is 5.31. The van der Waals surface area contributed by atoms with Crippen LogP contribution in [0.4, 0.5) is 0 Å². The van der Waals surface area contributed by atoms with Crippen LogP contribution in [0, 0.1) is 6.92 Å². The summed E-state index contributed by atoms with van der Waals surface area (Å²) >= 11 is 0. The van der Waals surface area contributed by atoms with Gasteiger partial charge in [-0.15, -0.1) is 4.47 Å². The van der Waals surface area contributed by atoms with E-state index in [0.717, 1.165) is 12.0 Å².